The molecule has 0 saturated heterocycles. The van der Waals surface area contributed by atoms with E-state index < -0.39 is 12.1 Å². The topological polar surface area (TPSA) is 115 Å². The molecular formula is C25H23N3O4. The first-order chi connectivity index (χ1) is 15.5. The van der Waals surface area contributed by atoms with Crippen LogP contribution in [0.1, 0.15) is 39.5 Å². The lowest BCUT2D eigenvalue weighted by Crippen LogP contribution is -2.26. The maximum atomic E-state index is 12.2. The Labute approximate surface area is 185 Å². The van der Waals surface area contributed by atoms with Crippen molar-refractivity contribution >= 4 is 23.8 Å². The second kappa shape index (κ2) is 9.34. The molecule has 1 amide bonds. The Morgan fingerprint density at radius 3 is 2.38 bits per heavy atom. The van der Waals surface area contributed by atoms with Crippen LogP contribution in [-0.4, -0.2) is 35.3 Å². The molecule has 1 aliphatic rings. The number of aromatic carboxylic acids is 1. The molecule has 4 N–H and O–H groups in total. The number of nitrogens with zero attached hydrogens (tertiary/aromatic N) is 1. The first-order valence-electron chi connectivity index (χ1n) is 10.3. The second-order valence-corrected chi connectivity index (χ2v) is 7.46. The van der Waals surface area contributed by atoms with Crippen LogP contribution in [0.3, 0.4) is 0 Å². The van der Waals surface area contributed by atoms with Gasteiger partial charge in [-0.15, -0.1) is 0 Å². The van der Waals surface area contributed by atoms with E-state index in [2.05, 4.69) is 34.6 Å². The zero-order valence-corrected chi connectivity index (χ0v) is 17.3. The van der Waals surface area contributed by atoms with E-state index in [1.807, 2.05) is 30.3 Å². The van der Waals surface area contributed by atoms with E-state index in [0.29, 0.717) is 18.5 Å². The summed E-state index contributed by atoms with van der Waals surface area (Å²) in [7, 11) is 0. The van der Waals surface area contributed by atoms with Crippen molar-refractivity contribution in [1.29, 1.82) is 0 Å². The number of amides is 1. The summed E-state index contributed by atoms with van der Waals surface area (Å²) in [5, 5.41) is 11.7. The van der Waals surface area contributed by atoms with Gasteiger partial charge in [-0.05, 0) is 40.3 Å². The highest BCUT2D eigenvalue weighted by Gasteiger charge is 2.28. The number of carbonyl (C=O) groups is 2. The number of carbonyl (C=O) groups excluding carboxylic acids is 1. The highest BCUT2D eigenvalue weighted by molar-refractivity contribution is 5.91. The van der Waals surface area contributed by atoms with Gasteiger partial charge in [0.05, 0.1) is 5.69 Å². The Hall–Kier alpha value is -4.13. The number of fused-ring (bicyclic) bond motifs is 3. The third-order valence-corrected chi connectivity index (χ3v) is 5.38. The molecule has 32 heavy (non-hydrogen) atoms. The number of nitrogens with two attached hydrogens (primary N) is 1. The third-order valence-electron chi connectivity index (χ3n) is 5.38. The Morgan fingerprint density at radius 2 is 1.75 bits per heavy atom. The van der Waals surface area contributed by atoms with Gasteiger partial charge >= 0.3 is 12.1 Å². The van der Waals surface area contributed by atoms with Crippen molar-refractivity contribution in [2.75, 3.05) is 18.9 Å². The number of pyridine rings is 1. The quantitative estimate of drug-likeness (QED) is 0.482. The molecule has 0 atom stereocenters. The van der Waals surface area contributed by atoms with Gasteiger partial charge in [-0.3, -0.25) is 0 Å². The first-order valence-corrected chi connectivity index (χ1v) is 10.3. The van der Waals surface area contributed by atoms with Crippen molar-refractivity contribution in [2.45, 2.75) is 12.3 Å². The molecule has 0 spiro atoms. The third kappa shape index (κ3) is 4.46. The van der Waals surface area contributed by atoms with Gasteiger partial charge in [0.1, 0.15) is 6.61 Å². The van der Waals surface area contributed by atoms with E-state index in [1.165, 1.54) is 28.5 Å². The van der Waals surface area contributed by atoms with Gasteiger partial charge in [0, 0.05) is 18.7 Å². The Morgan fingerprint density at radius 1 is 1.09 bits per heavy atom. The van der Waals surface area contributed by atoms with Gasteiger partial charge in [-0.25, -0.2) is 14.6 Å². The average molecular weight is 429 g/mol. The molecule has 0 saturated carbocycles. The molecule has 0 radical (unpaired) electrons. The normalized spacial score (nSPS) is 12.4. The predicted octanol–water partition coefficient (Wildman–Crippen LogP) is 4.30. The number of carboxylic acids is 1. The maximum absolute atomic E-state index is 12.2. The van der Waals surface area contributed by atoms with Crippen LogP contribution in [0.25, 0.3) is 17.2 Å². The van der Waals surface area contributed by atoms with E-state index in [9.17, 15) is 9.59 Å². The summed E-state index contributed by atoms with van der Waals surface area (Å²) >= 11 is 0. The van der Waals surface area contributed by atoms with Gasteiger partial charge in [0.15, 0.2) is 5.69 Å². The number of carboxylic acid groups (broad SMARTS) is 1. The molecular weight excluding hydrogens is 406 g/mol. The number of nitrogens with one attached hydrogen (secondary N) is 1. The summed E-state index contributed by atoms with van der Waals surface area (Å²) in [6, 6.07) is 17.9. The van der Waals surface area contributed by atoms with Crippen LogP contribution in [0.4, 0.5) is 10.5 Å². The van der Waals surface area contributed by atoms with Gasteiger partial charge < -0.3 is 20.9 Å². The van der Waals surface area contributed by atoms with Gasteiger partial charge in [-0.2, -0.15) is 0 Å². The number of benzene rings is 2. The van der Waals surface area contributed by atoms with Crippen molar-refractivity contribution < 1.29 is 19.4 Å². The largest absolute Gasteiger partial charge is 0.476 e. The summed E-state index contributed by atoms with van der Waals surface area (Å²) in [5.74, 6) is -1.13. The highest BCUT2D eigenvalue weighted by Crippen LogP contribution is 2.44. The fourth-order valence-electron chi connectivity index (χ4n) is 3.90. The number of ether oxygens (including phenoxy) is 1. The molecule has 2 aromatic carbocycles. The average Bonchev–Trinajstić information content (AvgIpc) is 3.11. The molecule has 0 aliphatic heterocycles. The van der Waals surface area contributed by atoms with Crippen molar-refractivity contribution in [1.82, 2.24) is 10.3 Å². The van der Waals surface area contributed by atoms with Crippen molar-refractivity contribution in [3.05, 3.63) is 89.3 Å². The zero-order chi connectivity index (χ0) is 22.5. The standard InChI is InChI=1S/C25H23N3O4/c26-22-13-16(14-28-23(22)24(29)30)7-5-6-12-27-25(31)32-15-21-19-10-3-1-8-17(19)18-9-2-4-11-20(18)21/h1-5,7-11,13-14,21H,6,12,15,26H2,(H,27,31)(H,29,30). The second-order valence-electron chi connectivity index (χ2n) is 7.46. The van der Waals surface area contributed by atoms with Crippen molar-refractivity contribution in [3.63, 3.8) is 0 Å². The minimum absolute atomic E-state index is 0.0276. The molecule has 3 aromatic rings. The van der Waals surface area contributed by atoms with Gasteiger partial charge in [0.2, 0.25) is 0 Å². The highest BCUT2D eigenvalue weighted by atomic mass is 16.5. The van der Waals surface area contributed by atoms with Crippen LogP contribution in [0.15, 0.2) is 66.9 Å². The van der Waals surface area contributed by atoms with Gasteiger partial charge in [0.25, 0.3) is 0 Å². The van der Waals surface area contributed by atoms with E-state index >= 15 is 0 Å². The van der Waals surface area contributed by atoms with Gasteiger partial charge in [-0.1, -0.05) is 60.7 Å². The SMILES string of the molecule is Nc1cc(C=CCCNC(=O)OCC2c3ccccc3-c3ccccc32)cnc1C(=O)O. The predicted molar refractivity (Wildman–Crippen MR) is 122 cm³/mol. The lowest BCUT2D eigenvalue weighted by atomic mass is 9.98. The molecule has 1 aliphatic carbocycles. The minimum Gasteiger partial charge on any atom is -0.476 e. The summed E-state index contributed by atoms with van der Waals surface area (Å²) in [5.41, 5.74) is 11.0. The molecule has 1 aromatic heterocycles. The number of anilines is 1. The fourth-order valence-corrected chi connectivity index (χ4v) is 3.90. The lowest BCUT2D eigenvalue weighted by molar-refractivity contribution is 0.0691. The van der Waals surface area contributed by atoms with Crippen molar-refractivity contribution in [2.24, 2.45) is 0 Å². The number of rotatable bonds is 7. The number of alkyl carbamates (subject to hydrolysis) is 1. The number of hydrogen-bond donors (Lipinski definition) is 3. The van der Waals surface area contributed by atoms with Crippen LogP contribution in [0.2, 0.25) is 0 Å². The smallest absolute Gasteiger partial charge is 0.407 e. The molecule has 0 fully saturated rings. The number of hydrogen-bond acceptors (Lipinski definition) is 5. The summed E-state index contributed by atoms with van der Waals surface area (Å²) < 4.78 is 5.50. The molecule has 0 unspecified atom stereocenters. The Balaban J connectivity index is 1.26. The van der Waals surface area contributed by atoms with E-state index in [4.69, 9.17) is 15.6 Å². The van der Waals surface area contributed by atoms with Crippen molar-refractivity contribution in [3.8, 4) is 11.1 Å². The number of aromatic nitrogens is 1. The summed E-state index contributed by atoms with van der Waals surface area (Å²) in [6.45, 7) is 0.680. The van der Waals surface area contributed by atoms with E-state index in [-0.39, 0.29) is 23.9 Å². The van der Waals surface area contributed by atoms with E-state index in [0.717, 1.165) is 0 Å². The Kier molecular flexibility index (Phi) is 6.17. The molecule has 7 nitrogen and oxygen atoms in total. The van der Waals surface area contributed by atoms with Crippen LogP contribution in [-0.2, 0) is 4.74 Å². The van der Waals surface area contributed by atoms with Crippen LogP contribution in [0.5, 0.6) is 0 Å². The molecule has 4 rings (SSSR count). The maximum Gasteiger partial charge on any atom is 0.407 e. The first kappa shape index (κ1) is 21.1. The molecule has 7 heteroatoms. The fraction of sp³-hybridized carbons (Fsp3) is 0.160. The minimum atomic E-state index is -1.16. The van der Waals surface area contributed by atoms with Crippen LogP contribution in [0, 0.1) is 0 Å². The zero-order valence-electron chi connectivity index (χ0n) is 17.3. The number of nitrogen functional groups attached to an aromatic ring is 1. The molecule has 0 bridgehead atoms. The monoisotopic (exact) mass is 429 g/mol. The Bertz CT molecular complexity index is 1140. The van der Waals surface area contributed by atoms with Crippen LogP contribution >= 0.6 is 0 Å². The molecule has 1 heterocycles. The summed E-state index contributed by atoms with van der Waals surface area (Å²) in [4.78, 5) is 26.9. The van der Waals surface area contributed by atoms with E-state index in [1.54, 1.807) is 12.1 Å². The van der Waals surface area contributed by atoms with Crippen LogP contribution < -0.4 is 11.1 Å². The summed E-state index contributed by atoms with van der Waals surface area (Å²) in [6.07, 6.45) is 5.17. The molecule has 162 valence electrons. The lowest BCUT2D eigenvalue weighted by Gasteiger charge is -2.14.